The molecule has 42 heavy (non-hydrogen) atoms. The summed E-state index contributed by atoms with van der Waals surface area (Å²) in [6.45, 7) is 1.14. The number of nitrogens with zero attached hydrogens (tertiary/aromatic N) is 2. The van der Waals surface area contributed by atoms with Crippen LogP contribution in [0.2, 0.25) is 0 Å². The number of carbonyl (C=O) groups is 1. The highest BCUT2D eigenvalue weighted by Gasteiger charge is 2.40. The van der Waals surface area contributed by atoms with Gasteiger partial charge in [0.15, 0.2) is 5.01 Å². The molecule has 228 valence electrons. The maximum absolute atomic E-state index is 13.5. The third kappa shape index (κ3) is 6.76. The summed E-state index contributed by atoms with van der Waals surface area (Å²) in [4.78, 5) is 19.7. The molecule has 5 rings (SSSR count). The summed E-state index contributed by atoms with van der Waals surface area (Å²) in [5.74, 6) is -2.74. The van der Waals surface area contributed by atoms with Crippen LogP contribution in [0, 0.1) is 5.92 Å². The van der Waals surface area contributed by atoms with Crippen molar-refractivity contribution in [2.24, 2.45) is 5.92 Å². The zero-order valence-electron chi connectivity index (χ0n) is 22.8. The molecule has 1 atom stereocenters. The molecule has 1 saturated heterocycles. The molecule has 1 aliphatic carbocycles. The Bertz CT molecular complexity index is 1570. The average Bonchev–Trinajstić information content (AvgIpc) is 3.47. The lowest BCUT2D eigenvalue weighted by Gasteiger charge is -2.24. The summed E-state index contributed by atoms with van der Waals surface area (Å²) in [5.41, 5.74) is 1.32. The van der Waals surface area contributed by atoms with E-state index in [-0.39, 0.29) is 47.9 Å². The van der Waals surface area contributed by atoms with Crippen LogP contribution in [-0.4, -0.2) is 68.5 Å². The van der Waals surface area contributed by atoms with Crippen LogP contribution in [0.1, 0.15) is 48.1 Å². The van der Waals surface area contributed by atoms with E-state index in [1.807, 2.05) is 0 Å². The van der Waals surface area contributed by atoms with Gasteiger partial charge in [-0.15, -0.1) is 11.3 Å². The van der Waals surface area contributed by atoms with Gasteiger partial charge in [0.25, 0.3) is 11.8 Å². The molecule has 1 aromatic heterocycles. The van der Waals surface area contributed by atoms with Crippen molar-refractivity contribution in [3.05, 3.63) is 47.1 Å². The van der Waals surface area contributed by atoms with Crippen molar-refractivity contribution in [2.45, 2.75) is 62.1 Å². The maximum atomic E-state index is 13.5. The SMILES string of the molecule is CC(NS(=O)(=O)c1ccc(-c2sc(C(=O)NCCN3CCC(F)(F)C3)nc2CC2CCC2)c2ccccc12)C(F)(F)F. The summed E-state index contributed by atoms with van der Waals surface area (Å²) in [6, 6.07) is 7.08. The predicted octanol–water partition coefficient (Wildman–Crippen LogP) is 5.61. The molecule has 0 spiro atoms. The highest BCUT2D eigenvalue weighted by Crippen LogP contribution is 2.40. The van der Waals surface area contributed by atoms with E-state index in [2.05, 4.69) is 10.3 Å². The van der Waals surface area contributed by atoms with Crippen molar-refractivity contribution in [3.63, 3.8) is 0 Å². The predicted molar refractivity (Wildman–Crippen MR) is 150 cm³/mol. The van der Waals surface area contributed by atoms with Gasteiger partial charge in [0.1, 0.15) is 6.04 Å². The highest BCUT2D eigenvalue weighted by atomic mass is 32.2. The first kappa shape index (κ1) is 30.8. The topological polar surface area (TPSA) is 91.4 Å². The van der Waals surface area contributed by atoms with E-state index in [1.165, 1.54) is 12.1 Å². The Morgan fingerprint density at radius 3 is 2.50 bits per heavy atom. The molecule has 2 aliphatic rings. The molecule has 2 aromatic carbocycles. The molecule has 1 amide bonds. The number of thiazole rings is 1. The fourth-order valence-corrected chi connectivity index (χ4v) is 7.73. The summed E-state index contributed by atoms with van der Waals surface area (Å²) in [5, 5.41) is 3.71. The Labute approximate surface area is 244 Å². The average molecular weight is 631 g/mol. The lowest BCUT2D eigenvalue weighted by Crippen LogP contribution is -2.43. The number of hydrogen-bond acceptors (Lipinski definition) is 6. The number of sulfonamides is 1. The molecule has 0 radical (unpaired) electrons. The van der Waals surface area contributed by atoms with Crippen LogP contribution in [0.4, 0.5) is 22.0 Å². The molecule has 3 aromatic rings. The van der Waals surface area contributed by atoms with Crippen LogP contribution >= 0.6 is 11.3 Å². The zero-order valence-corrected chi connectivity index (χ0v) is 24.4. The molecule has 1 unspecified atom stereocenters. The standard InChI is InChI=1S/C28H31F5N4O3S2/c1-17(28(31,32)33)36-42(39,40)23-10-9-21(19-7-2-3-8-20(19)23)24-22(15-18-5-4-6-18)35-26(41-24)25(38)34-12-14-37-13-11-27(29,30)16-37/h2-3,7-10,17-18,36H,4-6,11-16H2,1H3,(H,34,38). The van der Waals surface area contributed by atoms with Gasteiger partial charge in [0.05, 0.1) is 22.0 Å². The molecule has 7 nitrogen and oxygen atoms in total. The number of halogens is 5. The number of rotatable bonds is 10. The Morgan fingerprint density at radius 1 is 1.17 bits per heavy atom. The van der Waals surface area contributed by atoms with Gasteiger partial charge in [0, 0.05) is 37.0 Å². The second-order valence-corrected chi connectivity index (χ2v) is 13.7. The monoisotopic (exact) mass is 630 g/mol. The van der Waals surface area contributed by atoms with Gasteiger partial charge in [-0.05, 0) is 30.7 Å². The Kier molecular flexibility index (Phi) is 8.63. The van der Waals surface area contributed by atoms with E-state index < -0.39 is 34.1 Å². The minimum atomic E-state index is -4.75. The number of aromatic nitrogens is 1. The molecular weight excluding hydrogens is 599 g/mol. The van der Waals surface area contributed by atoms with Gasteiger partial charge in [-0.25, -0.2) is 22.2 Å². The fourth-order valence-electron chi connectivity index (χ4n) is 5.24. The number of likely N-dealkylation sites (tertiary alicyclic amines) is 1. The first-order valence-corrected chi connectivity index (χ1v) is 16.0. The van der Waals surface area contributed by atoms with Crippen molar-refractivity contribution in [1.82, 2.24) is 19.9 Å². The van der Waals surface area contributed by atoms with Crippen LogP contribution in [0.25, 0.3) is 21.2 Å². The molecule has 0 bridgehead atoms. The normalized spacial score (nSPS) is 18.7. The first-order chi connectivity index (χ1) is 19.7. The van der Waals surface area contributed by atoms with E-state index in [0.29, 0.717) is 33.9 Å². The van der Waals surface area contributed by atoms with E-state index in [0.717, 1.165) is 37.5 Å². The van der Waals surface area contributed by atoms with Crippen LogP contribution in [0.5, 0.6) is 0 Å². The number of nitrogens with one attached hydrogen (secondary N) is 2. The van der Waals surface area contributed by atoms with Crippen molar-refractivity contribution >= 4 is 38.0 Å². The summed E-state index contributed by atoms with van der Waals surface area (Å²) >= 11 is 1.15. The fraction of sp³-hybridized carbons (Fsp3) is 0.500. The van der Waals surface area contributed by atoms with Gasteiger partial charge >= 0.3 is 6.18 Å². The Balaban J connectivity index is 1.44. The van der Waals surface area contributed by atoms with Crippen molar-refractivity contribution < 1.29 is 35.2 Å². The number of fused-ring (bicyclic) bond motifs is 1. The van der Waals surface area contributed by atoms with Gasteiger partial charge < -0.3 is 5.32 Å². The van der Waals surface area contributed by atoms with E-state index in [9.17, 15) is 35.2 Å². The van der Waals surface area contributed by atoms with Gasteiger partial charge in [0.2, 0.25) is 10.0 Å². The molecule has 2 fully saturated rings. The largest absolute Gasteiger partial charge is 0.404 e. The van der Waals surface area contributed by atoms with Crippen molar-refractivity contribution in [1.29, 1.82) is 0 Å². The van der Waals surface area contributed by atoms with Crippen LogP contribution in [-0.2, 0) is 16.4 Å². The van der Waals surface area contributed by atoms with Crippen molar-refractivity contribution in [3.8, 4) is 10.4 Å². The molecular formula is C28H31F5N4O3S2. The second kappa shape index (κ2) is 11.8. The van der Waals surface area contributed by atoms with Crippen LogP contribution in [0.15, 0.2) is 41.3 Å². The lowest BCUT2D eigenvalue weighted by molar-refractivity contribution is -0.147. The lowest BCUT2D eigenvalue weighted by atomic mass is 9.81. The smallest absolute Gasteiger partial charge is 0.349 e. The number of carbonyl (C=O) groups excluding carboxylic acids is 1. The Hall–Kier alpha value is -2.68. The van der Waals surface area contributed by atoms with E-state index >= 15 is 0 Å². The third-order valence-corrected chi connectivity index (χ3v) is 10.5. The molecule has 14 heteroatoms. The Morgan fingerprint density at radius 2 is 1.88 bits per heavy atom. The summed E-state index contributed by atoms with van der Waals surface area (Å²) < 4.78 is 94.1. The minimum Gasteiger partial charge on any atom is -0.349 e. The van der Waals surface area contributed by atoms with Crippen molar-refractivity contribution in [2.75, 3.05) is 26.2 Å². The third-order valence-electron chi connectivity index (χ3n) is 7.80. The number of hydrogen-bond donors (Lipinski definition) is 2. The molecule has 2 heterocycles. The molecule has 1 saturated carbocycles. The first-order valence-electron chi connectivity index (χ1n) is 13.7. The quantitative estimate of drug-likeness (QED) is 0.285. The number of amides is 1. The zero-order chi connectivity index (χ0) is 30.3. The van der Waals surface area contributed by atoms with E-state index in [4.69, 9.17) is 0 Å². The maximum Gasteiger partial charge on any atom is 0.404 e. The van der Waals surface area contributed by atoms with E-state index in [1.54, 1.807) is 33.9 Å². The van der Waals surface area contributed by atoms with Crippen LogP contribution in [0.3, 0.4) is 0 Å². The number of alkyl halides is 5. The minimum absolute atomic E-state index is 0.181. The number of benzene rings is 2. The van der Waals surface area contributed by atoms with Gasteiger partial charge in [-0.3, -0.25) is 9.69 Å². The molecule has 1 aliphatic heterocycles. The summed E-state index contributed by atoms with van der Waals surface area (Å²) in [7, 11) is -4.52. The second-order valence-electron chi connectivity index (χ2n) is 11.0. The summed E-state index contributed by atoms with van der Waals surface area (Å²) in [6.07, 6.45) is -1.17. The van der Waals surface area contributed by atoms with Gasteiger partial charge in [-0.1, -0.05) is 49.6 Å². The highest BCUT2D eigenvalue weighted by molar-refractivity contribution is 7.89. The van der Waals surface area contributed by atoms with Crippen LogP contribution < -0.4 is 10.0 Å². The molecule has 2 N–H and O–H groups in total. The van der Waals surface area contributed by atoms with Gasteiger partial charge in [-0.2, -0.15) is 17.9 Å².